The number of nitrogens with two attached hydrogens (primary N) is 1. The average molecular weight is 448 g/mol. The molecule has 2 heterocycles. The van der Waals surface area contributed by atoms with Crippen LogP contribution in [-0.2, 0) is 24.7 Å². The lowest BCUT2D eigenvalue weighted by Crippen LogP contribution is -2.20. The van der Waals surface area contributed by atoms with E-state index in [0.717, 1.165) is 48.6 Å². The van der Waals surface area contributed by atoms with Gasteiger partial charge in [-0.25, -0.2) is 0 Å². The number of nitrogens with one attached hydrogen (secondary N) is 1. The van der Waals surface area contributed by atoms with Gasteiger partial charge in [-0.3, -0.25) is 9.59 Å². The Bertz CT molecular complexity index is 946. The van der Waals surface area contributed by atoms with Crippen LogP contribution in [0.3, 0.4) is 0 Å². The molecule has 1 atom stereocenters. The first-order valence-corrected chi connectivity index (χ1v) is 12.5. The van der Waals surface area contributed by atoms with Gasteiger partial charge in [0.1, 0.15) is 10.8 Å². The highest BCUT2D eigenvalue weighted by molar-refractivity contribution is 7.99. The molecule has 4 rings (SSSR count). The van der Waals surface area contributed by atoms with Gasteiger partial charge < -0.3 is 15.6 Å². The third kappa shape index (κ3) is 4.42. The number of primary amides is 1. The highest BCUT2D eigenvalue weighted by atomic mass is 32.2. The van der Waals surface area contributed by atoms with E-state index in [1.54, 1.807) is 0 Å². The summed E-state index contributed by atoms with van der Waals surface area (Å²) in [6.45, 7) is 2.21. The van der Waals surface area contributed by atoms with Crippen LogP contribution in [-0.4, -0.2) is 32.3 Å². The average Bonchev–Trinajstić information content (AvgIpc) is 3.26. The van der Waals surface area contributed by atoms with E-state index in [0.29, 0.717) is 22.4 Å². The van der Waals surface area contributed by atoms with Crippen LogP contribution in [0.1, 0.15) is 78.0 Å². The van der Waals surface area contributed by atoms with E-state index in [1.807, 2.05) is 11.6 Å². The molecule has 7 nitrogen and oxygen atoms in total. The van der Waals surface area contributed by atoms with Gasteiger partial charge in [-0.15, -0.1) is 21.5 Å². The van der Waals surface area contributed by atoms with E-state index >= 15 is 0 Å². The quantitative estimate of drug-likeness (QED) is 0.654. The molecule has 9 heteroatoms. The summed E-state index contributed by atoms with van der Waals surface area (Å²) in [5, 5.41) is 13.0. The van der Waals surface area contributed by atoms with Crippen molar-refractivity contribution in [3.8, 4) is 0 Å². The van der Waals surface area contributed by atoms with E-state index in [9.17, 15) is 9.59 Å². The zero-order valence-electron chi connectivity index (χ0n) is 17.6. The van der Waals surface area contributed by atoms with Gasteiger partial charge in [0.05, 0.1) is 11.3 Å². The van der Waals surface area contributed by atoms with Crippen LogP contribution in [0.5, 0.6) is 0 Å². The number of carbonyl (C=O) groups is 2. The highest BCUT2D eigenvalue weighted by Gasteiger charge is 2.27. The molecule has 0 radical (unpaired) electrons. The molecule has 0 aromatic carbocycles. The highest BCUT2D eigenvalue weighted by Crippen LogP contribution is 2.39. The van der Waals surface area contributed by atoms with Crippen LogP contribution >= 0.6 is 23.1 Å². The van der Waals surface area contributed by atoms with Gasteiger partial charge in [-0.05, 0) is 43.6 Å². The number of amides is 2. The van der Waals surface area contributed by atoms with Gasteiger partial charge >= 0.3 is 0 Å². The summed E-state index contributed by atoms with van der Waals surface area (Å²) in [7, 11) is 1.98. The lowest BCUT2D eigenvalue weighted by molar-refractivity contribution is -0.113. The number of hydrogen-bond acceptors (Lipinski definition) is 6. The molecule has 30 heavy (non-hydrogen) atoms. The second-order valence-corrected chi connectivity index (χ2v) is 10.5. The largest absolute Gasteiger partial charge is 0.365 e. The molecule has 0 saturated heterocycles. The zero-order valence-corrected chi connectivity index (χ0v) is 19.2. The summed E-state index contributed by atoms with van der Waals surface area (Å²) in [5.74, 6) is 1.68. The van der Waals surface area contributed by atoms with Gasteiger partial charge in [0.15, 0.2) is 5.16 Å². The third-order valence-electron chi connectivity index (χ3n) is 6.18. The lowest BCUT2D eigenvalue weighted by atomic mass is 9.88. The Morgan fingerprint density at radius 2 is 2.00 bits per heavy atom. The van der Waals surface area contributed by atoms with Crippen molar-refractivity contribution in [1.82, 2.24) is 14.8 Å². The normalized spacial score (nSPS) is 19.5. The number of thioether (sulfide) groups is 1. The zero-order chi connectivity index (χ0) is 21.3. The lowest BCUT2D eigenvalue weighted by Gasteiger charge is -2.20. The number of aromatic nitrogens is 3. The second kappa shape index (κ2) is 9.09. The van der Waals surface area contributed by atoms with Crippen LogP contribution < -0.4 is 11.1 Å². The molecule has 0 spiro atoms. The Morgan fingerprint density at radius 3 is 2.73 bits per heavy atom. The monoisotopic (exact) mass is 447 g/mol. The predicted octanol–water partition coefficient (Wildman–Crippen LogP) is 3.88. The van der Waals surface area contributed by atoms with Gasteiger partial charge in [0.25, 0.3) is 5.91 Å². The maximum atomic E-state index is 12.6. The minimum atomic E-state index is -0.463. The Labute approximate surface area is 185 Å². The van der Waals surface area contributed by atoms with Crippen LogP contribution in [0, 0.1) is 5.92 Å². The minimum Gasteiger partial charge on any atom is -0.365 e. The molecule has 2 aliphatic rings. The maximum Gasteiger partial charge on any atom is 0.251 e. The molecule has 1 saturated carbocycles. The number of nitrogens with zero attached hydrogens (tertiary/aromatic N) is 3. The van der Waals surface area contributed by atoms with E-state index in [1.165, 1.54) is 47.2 Å². The van der Waals surface area contributed by atoms with Crippen molar-refractivity contribution in [2.24, 2.45) is 18.7 Å². The van der Waals surface area contributed by atoms with Crippen molar-refractivity contribution in [3.05, 3.63) is 21.8 Å². The Balaban J connectivity index is 1.41. The molecule has 3 N–H and O–H groups in total. The Morgan fingerprint density at radius 1 is 1.23 bits per heavy atom. The van der Waals surface area contributed by atoms with Crippen LogP contribution in [0.15, 0.2) is 5.16 Å². The third-order valence-corrected chi connectivity index (χ3v) is 8.37. The Kier molecular flexibility index (Phi) is 6.48. The number of fused-ring (bicyclic) bond motifs is 1. The number of anilines is 1. The van der Waals surface area contributed by atoms with Crippen molar-refractivity contribution < 1.29 is 9.59 Å². The van der Waals surface area contributed by atoms with Crippen molar-refractivity contribution in [2.75, 3.05) is 11.1 Å². The molecule has 1 unspecified atom stereocenters. The van der Waals surface area contributed by atoms with E-state index < -0.39 is 5.91 Å². The summed E-state index contributed by atoms with van der Waals surface area (Å²) in [6.07, 6.45) is 8.94. The molecule has 2 aliphatic carbocycles. The van der Waals surface area contributed by atoms with E-state index in [-0.39, 0.29) is 11.7 Å². The Hall–Kier alpha value is -1.87. The predicted molar refractivity (Wildman–Crippen MR) is 120 cm³/mol. The molecule has 0 bridgehead atoms. The van der Waals surface area contributed by atoms with Gasteiger partial charge in [0, 0.05) is 17.8 Å². The number of carbonyl (C=O) groups excluding carboxylic acids is 2. The summed E-state index contributed by atoms with van der Waals surface area (Å²) in [5.41, 5.74) is 7.17. The van der Waals surface area contributed by atoms with Crippen molar-refractivity contribution in [3.63, 3.8) is 0 Å². The first-order chi connectivity index (χ1) is 14.4. The molecule has 2 aromatic heterocycles. The summed E-state index contributed by atoms with van der Waals surface area (Å²) < 4.78 is 2.02. The number of rotatable bonds is 6. The number of thiophene rings is 1. The smallest absolute Gasteiger partial charge is 0.251 e. The van der Waals surface area contributed by atoms with Crippen molar-refractivity contribution in [1.29, 1.82) is 0 Å². The summed E-state index contributed by atoms with van der Waals surface area (Å²) in [6, 6.07) is 0. The van der Waals surface area contributed by atoms with Gasteiger partial charge in [0.2, 0.25) is 5.91 Å². The first-order valence-electron chi connectivity index (χ1n) is 10.7. The number of hydrogen-bond donors (Lipinski definition) is 2. The fraction of sp³-hybridized carbons (Fsp3) is 0.619. The molecule has 1 fully saturated rings. The molecular weight excluding hydrogens is 418 g/mol. The fourth-order valence-corrected chi connectivity index (χ4v) is 6.71. The summed E-state index contributed by atoms with van der Waals surface area (Å²) in [4.78, 5) is 25.8. The second-order valence-electron chi connectivity index (χ2n) is 8.49. The molecule has 0 aliphatic heterocycles. The molecular formula is C21H29N5O2S2. The van der Waals surface area contributed by atoms with E-state index in [2.05, 4.69) is 22.4 Å². The van der Waals surface area contributed by atoms with Crippen LogP contribution in [0.2, 0.25) is 0 Å². The van der Waals surface area contributed by atoms with E-state index in [4.69, 9.17) is 5.73 Å². The fourth-order valence-electron chi connectivity index (χ4n) is 4.56. The summed E-state index contributed by atoms with van der Waals surface area (Å²) >= 11 is 2.87. The topological polar surface area (TPSA) is 103 Å². The van der Waals surface area contributed by atoms with Gasteiger partial charge in [-0.2, -0.15) is 0 Å². The molecule has 2 amide bonds. The van der Waals surface area contributed by atoms with Crippen LogP contribution in [0.25, 0.3) is 0 Å². The maximum absolute atomic E-state index is 12.6. The van der Waals surface area contributed by atoms with Crippen molar-refractivity contribution in [2.45, 2.75) is 69.4 Å². The SMILES string of the molecule is CC1CCc2c(sc(NC(=O)CSc3nnc(C4CCCCC4)n3C)c2C(N)=O)C1. The van der Waals surface area contributed by atoms with Gasteiger partial charge in [-0.1, -0.05) is 37.9 Å². The van der Waals surface area contributed by atoms with Crippen molar-refractivity contribution >= 4 is 39.9 Å². The molecule has 2 aromatic rings. The molecule has 162 valence electrons. The standard InChI is InChI=1S/C21H29N5O2S2/c1-12-8-9-14-15(10-12)30-20(17(14)18(22)28)23-16(27)11-29-21-25-24-19(26(21)2)13-6-4-3-5-7-13/h12-13H,3-11H2,1-2H3,(H2,22,28)(H,23,27). The van der Waals surface area contributed by atoms with Crippen LogP contribution in [0.4, 0.5) is 5.00 Å². The first kappa shape index (κ1) is 21.4. The minimum absolute atomic E-state index is 0.156.